The number of carboxylic acids is 1. The molecule has 0 aliphatic carbocycles. The number of rotatable bonds is 6. The van der Waals surface area contributed by atoms with Crippen molar-refractivity contribution in [1.82, 2.24) is 4.72 Å². The molecule has 2 atom stereocenters. The van der Waals surface area contributed by atoms with Crippen molar-refractivity contribution in [1.29, 1.82) is 0 Å². The van der Waals surface area contributed by atoms with Gasteiger partial charge in [0.05, 0.1) is 32.6 Å². The summed E-state index contributed by atoms with van der Waals surface area (Å²) in [5.74, 6) is -2.06. The van der Waals surface area contributed by atoms with Crippen molar-refractivity contribution >= 4 is 22.6 Å². The van der Waals surface area contributed by atoms with Crippen molar-refractivity contribution in [3.63, 3.8) is 0 Å². The van der Waals surface area contributed by atoms with Gasteiger partial charge in [-0.1, -0.05) is 0 Å². The summed E-state index contributed by atoms with van der Waals surface area (Å²) in [7, 11) is -1.70. The maximum absolute atomic E-state index is 14.2. The third-order valence-corrected chi connectivity index (χ3v) is 4.88. The van der Waals surface area contributed by atoms with Crippen LogP contribution in [-0.2, 0) is 21.3 Å². The first-order valence-corrected chi connectivity index (χ1v) is 7.88. The van der Waals surface area contributed by atoms with E-state index in [-0.39, 0.29) is 11.3 Å². The summed E-state index contributed by atoms with van der Waals surface area (Å²) in [6.07, 6.45) is -0.590. The van der Waals surface area contributed by atoms with E-state index in [0.29, 0.717) is 0 Å². The third kappa shape index (κ3) is 4.80. The molecular formula is C14H19FN2O5S. The quantitative estimate of drug-likeness (QED) is 0.607. The van der Waals surface area contributed by atoms with Gasteiger partial charge in [-0.3, -0.25) is 14.9 Å². The molecule has 0 saturated carbocycles. The Morgan fingerprint density at radius 2 is 1.96 bits per heavy atom. The zero-order valence-corrected chi connectivity index (χ0v) is 14.1. The van der Waals surface area contributed by atoms with Gasteiger partial charge in [0.1, 0.15) is 5.82 Å². The van der Waals surface area contributed by atoms with Crippen LogP contribution in [0.15, 0.2) is 18.2 Å². The average molecular weight is 346 g/mol. The molecule has 0 heterocycles. The molecule has 128 valence electrons. The molecule has 0 aliphatic heterocycles. The normalized spacial score (nSPS) is 15.7. The standard InChI is InChI=1S/C14H19FN2O5S/c1-13(2,3)23(22)16-14(4,8-12(18)19)10-7-9(17(20)21)5-6-11(10)15/h5-7,16H,8H2,1-4H3,(H,18,19)/t14-,23+/m0/s1. The van der Waals surface area contributed by atoms with Crippen LogP contribution in [0.5, 0.6) is 0 Å². The minimum atomic E-state index is -1.70. The number of carbonyl (C=O) groups is 1. The lowest BCUT2D eigenvalue weighted by molar-refractivity contribution is -0.385. The van der Waals surface area contributed by atoms with Gasteiger partial charge in [-0.05, 0) is 33.8 Å². The fourth-order valence-electron chi connectivity index (χ4n) is 1.90. The zero-order valence-electron chi connectivity index (χ0n) is 13.3. The lowest BCUT2D eigenvalue weighted by Gasteiger charge is -2.32. The smallest absolute Gasteiger partial charge is 0.305 e. The van der Waals surface area contributed by atoms with Crippen molar-refractivity contribution in [2.24, 2.45) is 0 Å². The Morgan fingerprint density at radius 1 is 1.39 bits per heavy atom. The number of nitrogens with one attached hydrogen (secondary N) is 1. The van der Waals surface area contributed by atoms with Gasteiger partial charge in [-0.15, -0.1) is 0 Å². The summed E-state index contributed by atoms with van der Waals surface area (Å²) in [5.41, 5.74) is -2.16. The number of carboxylic acid groups (broad SMARTS) is 1. The van der Waals surface area contributed by atoms with E-state index in [1.807, 2.05) is 0 Å². The second-order valence-corrected chi connectivity index (χ2v) is 8.27. The number of nitro benzene ring substituents is 1. The molecule has 0 aliphatic rings. The fraction of sp³-hybridized carbons (Fsp3) is 0.500. The molecular weight excluding hydrogens is 327 g/mol. The van der Waals surface area contributed by atoms with Gasteiger partial charge in [0.2, 0.25) is 0 Å². The first kappa shape index (κ1) is 19.2. The van der Waals surface area contributed by atoms with Crippen LogP contribution in [-0.4, -0.2) is 25.0 Å². The second-order valence-electron chi connectivity index (χ2n) is 6.31. The Labute approximate surface area is 135 Å². The van der Waals surface area contributed by atoms with Gasteiger partial charge in [0.25, 0.3) is 5.69 Å². The van der Waals surface area contributed by atoms with Crippen LogP contribution < -0.4 is 4.72 Å². The molecule has 2 N–H and O–H groups in total. The van der Waals surface area contributed by atoms with E-state index in [1.165, 1.54) is 6.92 Å². The molecule has 1 aromatic carbocycles. The summed E-state index contributed by atoms with van der Waals surface area (Å²) in [4.78, 5) is 21.3. The highest BCUT2D eigenvalue weighted by Gasteiger charge is 2.37. The number of nitrogens with zero attached hydrogens (tertiary/aromatic N) is 1. The lowest BCUT2D eigenvalue weighted by atomic mass is 9.89. The van der Waals surface area contributed by atoms with E-state index in [1.54, 1.807) is 20.8 Å². The maximum atomic E-state index is 14.2. The van der Waals surface area contributed by atoms with Crippen LogP contribution in [0.4, 0.5) is 10.1 Å². The van der Waals surface area contributed by atoms with Gasteiger partial charge >= 0.3 is 5.97 Å². The van der Waals surface area contributed by atoms with Crippen LogP contribution in [0.2, 0.25) is 0 Å². The molecule has 23 heavy (non-hydrogen) atoms. The summed E-state index contributed by atoms with van der Waals surface area (Å²) in [6.45, 7) is 6.36. The number of benzene rings is 1. The van der Waals surface area contributed by atoms with E-state index in [0.717, 1.165) is 18.2 Å². The van der Waals surface area contributed by atoms with E-state index in [4.69, 9.17) is 5.11 Å². The molecule has 0 amide bonds. The molecule has 1 rings (SSSR count). The Hall–Kier alpha value is -1.87. The van der Waals surface area contributed by atoms with Crippen LogP contribution in [0.25, 0.3) is 0 Å². The molecule has 1 aromatic rings. The highest BCUT2D eigenvalue weighted by atomic mass is 32.2. The summed E-state index contributed by atoms with van der Waals surface area (Å²) in [5, 5.41) is 20.0. The number of halogens is 1. The average Bonchev–Trinajstić information content (AvgIpc) is 2.36. The van der Waals surface area contributed by atoms with Crippen molar-refractivity contribution in [3.05, 3.63) is 39.7 Å². The van der Waals surface area contributed by atoms with Crippen LogP contribution in [0, 0.1) is 15.9 Å². The Kier molecular flexibility index (Phi) is 5.60. The number of hydrogen-bond donors (Lipinski definition) is 2. The number of nitro groups is 1. The monoisotopic (exact) mass is 346 g/mol. The first-order valence-electron chi connectivity index (χ1n) is 6.73. The molecule has 0 bridgehead atoms. The van der Waals surface area contributed by atoms with Crippen molar-refractivity contribution in [2.45, 2.75) is 44.4 Å². The van der Waals surface area contributed by atoms with Crippen molar-refractivity contribution in [2.75, 3.05) is 0 Å². The van der Waals surface area contributed by atoms with Gasteiger partial charge < -0.3 is 5.11 Å². The highest BCUT2D eigenvalue weighted by molar-refractivity contribution is 7.84. The highest BCUT2D eigenvalue weighted by Crippen LogP contribution is 2.31. The van der Waals surface area contributed by atoms with Gasteiger partial charge in [-0.2, -0.15) is 0 Å². The van der Waals surface area contributed by atoms with Crippen LogP contribution in [0.3, 0.4) is 0 Å². The summed E-state index contributed by atoms with van der Waals surface area (Å²) < 4.78 is 28.4. The summed E-state index contributed by atoms with van der Waals surface area (Å²) >= 11 is 0. The Morgan fingerprint density at radius 3 is 2.39 bits per heavy atom. The van der Waals surface area contributed by atoms with Gasteiger partial charge in [0, 0.05) is 17.7 Å². The predicted octanol–water partition coefficient (Wildman–Crippen LogP) is 2.48. The molecule has 0 saturated heterocycles. The molecule has 0 unspecified atom stereocenters. The third-order valence-electron chi connectivity index (χ3n) is 3.13. The molecule has 0 radical (unpaired) electrons. The van der Waals surface area contributed by atoms with E-state index < -0.39 is 44.4 Å². The minimum absolute atomic E-state index is 0.216. The van der Waals surface area contributed by atoms with E-state index in [2.05, 4.69) is 4.72 Å². The molecule has 0 spiro atoms. The molecule has 7 nitrogen and oxygen atoms in total. The Bertz CT molecular complexity index is 659. The van der Waals surface area contributed by atoms with Crippen molar-refractivity contribution < 1.29 is 23.4 Å². The maximum Gasteiger partial charge on any atom is 0.305 e. The zero-order chi connectivity index (χ0) is 18.0. The largest absolute Gasteiger partial charge is 0.481 e. The predicted molar refractivity (Wildman–Crippen MR) is 83.7 cm³/mol. The van der Waals surface area contributed by atoms with E-state index in [9.17, 15) is 23.5 Å². The van der Waals surface area contributed by atoms with Crippen LogP contribution >= 0.6 is 0 Å². The van der Waals surface area contributed by atoms with Crippen LogP contribution in [0.1, 0.15) is 39.7 Å². The molecule has 9 heteroatoms. The molecule has 0 fully saturated rings. The van der Waals surface area contributed by atoms with E-state index >= 15 is 0 Å². The first-order chi connectivity index (χ1) is 10.4. The van der Waals surface area contributed by atoms with Gasteiger partial charge in [0.15, 0.2) is 0 Å². The summed E-state index contributed by atoms with van der Waals surface area (Å²) in [6, 6.07) is 2.85. The number of hydrogen-bond acceptors (Lipinski definition) is 4. The Balaban J connectivity index is 3.41. The minimum Gasteiger partial charge on any atom is -0.481 e. The number of aliphatic carboxylic acids is 1. The lowest BCUT2D eigenvalue weighted by Crippen LogP contribution is -2.47. The number of non-ortho nitro benzene ring substituents is 1. The topological polar surface area (TPSA) is 110 Å². The second kappa shape index (κ2) is 6.71. The molecule has 0 aromatic heterocycles. The van der Waals surface area contributed by atoms with Gasteiger partial charge in [-0.25, -0.2) is 13.3 Å². The van der Waals surface area contributed by atoms with Crippen molar-refractivity contribution in [3.8, 4) is 0 Å². The SMILES string of the molecule is CC(C)(C)[S@@](=O)N[C@@](C)(CC(=O)O)c1cc([N+](=O)[O-])ccc1F. The fourth-order valence-corrected chi connectivity index (χ4v) is 2.79.